The first-order valence-corrected chi connectivity index (χ1v) is 5.78. The Morgan fingerprint density at radius 2 is 2.21 bits per heavy atom. The Morgan fingerprint density at radius 3 is 2.68 bits per heavy atom. The van der Waals surface area contributed by atoms with Crippen LogP contribution in [0.4, 0.5) is 11.4 Å². The number of benzene rings is 1. The van der Waals surface area contributed by atoms with Crippen molar-refractivity contribution in [2.24, 2.45) is 0 Å². The van der Waals surface area contributed by atoms with Crippen molar-refractivity contribution in [3.8, 4) is 5.75 Å². The molecule has 0 bridgehead atoms. The fraction of sp³-hybridized carbons (Fsp3) is 0.417. The second kappa shape index (κ2) is 6.58. The van der Waals surface area contributed by atoms with Crippen molar-refractivity contribution in [3.05, 3.63) is 28.3 Å². The molecule has 0 radical (unpaired) electrons. The van der Waals surface area contributed by atoms with Gasteiger partial charge in [-0.05, 0) is 13.0 Å². The average molecular weight is 268 g/mol. The number of carbonyl (C=O) groups is 1. The molecule has 1 rings (SSSR count). The van der Waals surface area contributed by atoms with E-state index < -0.39 is 10.9 Å². The second-order valence-corrected chi connectivity index (χ2v) is 3.84. The van der Waals surface area contributed by atoms with Crippen molar-refractivity contribution in [1.82, 2.24) is 0 Å². The number of carboxylic acid groups (broad SMARTS) is 1. The zero-order valence-corrected chi connectivity index (χ0v) is 10.8. The molecule has 0 aliphatic rings. The minimum atomic E-state index is -0.941. The Labute approximate surface area is 110 Å². The van der Waals surface area contributed by atoms with Gasteiger partial charge in [-0.1, -0.05) is 0 Å². The highest BCUT2D eigenvalue weighted by Gasteiger charge is 2.19. The van der Waals surface area contributed by atoms with E-state index >= 15 is 0 Å². The molecule has 0 saturated heterocycles. The predicted molar refractivity (Wildman–Crippen MR) is 69.8 cm³/mol. The third-order valence-corrected chi connectivity index (χ3v) is 2.70. The summed E-state index contributed by atoms with van der Waals surface area (Å²) in [5, 5.41) is 19.7. The summed E-state index contributed by atoms with van der Waals surface area (Å²) < 4.78 is 5.04. The Morgan fingerprint density at radius 1 is 1.53 bits per heavy atom. The van der Waals surface area contributed by atoms with Gasteiger partial charge in [0, 0.05) is 25.2 Å². The molecule has 7 nitrogen and oxygen atoms in total. The second-order valence-electron chi connectivity index (χ2n) is 3.84. The standard InChI is InChI=1S/C12H16N2O5/c1-3-13(7-6-12(15)16)11-8-9(19-2)4-5-10(11)14(17)18/h4-5,8H,3,6-7H2,1-2H3,(H,15,16). The fourth-order valence-electron chi connectivity index (χ4n) is 1.72. The van der Waals surface area contributed by atoms with Crippen LogP contribution >= 0.6 is 0 Å². The first kappa shape index (κ1) is 14.7. The lowest BCUT2D eigenvalue weighted by Crippen LogP contribution is -2.26. The molecule has 0 spiro atoms. The number of methoxy groups -OCH3 is 1. The molecule has 19 heavy (non-hydrogen) atoms. The van der Waals surface area contributed by atoms with Gasteiger partial charge in [-0.15, -0.1) is 0 Å². The molecule has 0 atom stereocenters. The summed E-state index contributed by atoms with van der Waals surface area (Å²) in [6.07, 6.45) is -0.0811. The smallest absolute Gasteiger partial charge is 0.305 e. The number of anilines is 1. The van der Waals surface area contributed by atoms with E-state index in [-0.39, 0.29) is 18.7 Å². The Balaban J connectivity index is 3.11. The van der Waals surface area contributed by atoms with Crippen LogP contribution in [0.5, 0.6) is 5.75 Å². The molecule has 7 heteroatoms. The molecule has 1 N–H and O–H groups in total. The van der Waals surface area contributed by atoms with E-state index in [1.165, 1.54) is 19.2 Å². The van der Waals surface area contributed by atoms with Crippen LogP contribution in [-0.2, 0) is 4.79 Å². The predicted octanol–water partition coefficient (Wildman–Crippen LogP) is 1.90. The number of rotatable bonds is 7. The number of hydrogen-bond acceptors (Lipinski definition) is 5. The van der Waals surface area contributed by atoms with Crippen molar-refractivity contribution < 1.29 is 19.6 Å². The van der Waals surface area contributed by atoms with Crippen molar-refractivity contribution in [1.29, 1.82) is 0 Å². The number of hydrogen-bond donors (Lipinski definition) is 1. The van der Waals surface area contributed by atoms with Gasteiger partial charge >= 0.3 is 5.97 Å². The summed E-state index contributed by atoms with van der Waals surface area (Å²) in [6.45, 7) is 2.49. The maximum absolute atomic E-state index is 11.0. The first-order valence-electron chi connectivity index (χ1n) is 5.78. The van der Waals surface area contributed by atoms with E-state index in [1.807, 2.05) is 6.92 Å². The number of nitro benzene ring substituents is 1. The van der Waals surface area contributed by atoms with Gasteiger partial charge < -0.3 is 14.7 Å². The van der Waals surface area contributed by atoms with Gasteiger partial charge in [0.1, 0.15) is 11.4 Å². The zero-order valence-electron chi connectivity index (χ0n) is 10.8. The van der Waals surface area contributed by atoms with Crippen LogP contribution in [0.3, 0.4) is 0 Å². The number of ether oxygens (including phenoxy) is 1. The lowest BCUT2D eigenvalue weighted by molar-refractivity contribution is -0.384. The SMILES string of the molecule is CCN(CCC(=O)O)c1cc(OC)ccc1[N+](=O)[O-]. The van der Waals surface area contributed by atoms with Crippen molar-refractivity contribution in [3.63, 3.8) is 0 Å². The molecule has 0 amide bonds. The number of nitrogens with zero attached hydrogens (tertiary/aromatic N) is 2. The Bertz CT molecular complexity index is 475. The van der Waals surface area contributed by atoms with Crippen LogP contribution in [0.15, 0.2) is 18.2 Å². The van der Waals surface area contributed by atoms with Crippen LogP contribution in [0.2, 0.25) is 0 Å². The van der Waals surface area contributed by atoms with Crippen LogP contribution in [0.1, 0.15) is 13.3 Å². The third-order valence-electron chi connectivity index (χ3n) is 2.70. The summed E-state index contributed by atoms with van der Waals surface area (Å²) in [5.74, 6) is -0.446. The molecule has 0 aromatic heterocycles. The van der Waals surface area contributed by atoms with E-state index in [2.05, 4.69) is 0 Å². The topological polar surface area (TPSA) is 92.9 Å². The van der Waals surface area contributed by atoms with Gasteiger partial charge in [-0.25, -0.2) is 0 Å². The van der Waals surface area contributed by atoms with E-state index in [4.69, 9.17) is 9.84 Å². The molecule has 0 aliphatic carbocycles. The average Bonchev–Trinajstić information content (AvgIpc) is 2.38. The summed E-state index contributed by atoms with van der Waals surface area (Å²) in [5.41, 5.74) is 0.307. The highest BCUT2D eigenvalue weighted by Crippen LogP contribution is 2.32. The Hall–Kier alpha value is -2.31. The quantitative estimate of drug-likeness (QED) is 0.599. The van der Waals surface area contributed by atoms with Crippen LogP contribution in [0.25, 0.3) is 0 Å². The molecule has 0 fully saturated rings. The van der Waals surface area contributed by atoms with E-state index in [0.717, 1.165) is 0 Å². The molecule has 0 heterocycles. The molecular weight excluding hydrogens is 252 g/mol. The van der Waals surface area contributed by atoms with Crippen molar-refractivity contribution >= 4 is 17.3 Å². The van der Waals surface area contributed by atoms with Crippen LogP contribution in [0, 0.1) is 10.1 Å². The lowest BCUT2D eigenvalue weighted by Gasteiger charge is -2.22. The van der Waals surface area contributed by atoms with Crippen LogP contribution in [-0.4, -0.2) is 36.2 Å². The largest absolute Gasteiger partial charge is 0.497 e. The normalized spacial score (nSPS) is 10.0. The fourth-order valence-corrected chi connectivity index (χ4v) is 1.72. The third kappa shape index (κ3) is 3.84. The maximum Gasteiger partial charge on any atom is 0.305 e. The summed E-state index contributed by atoms with van der Waals surface area (Å²) in [4.78, 5) is 22.8. The van der Waals surface area contributed by atoms with Crippen molar-refractivity contribution in [2.75, 3.05) is 25.1 Å². The van der Waals surface area contributed by atoms with Gasteiger partial charge in [0.15, 0.2) is 0 Å². The van der Waals surface area contributed by atoms with Crippen LogP contribution < -0.4 is 9.64 Å². The molecule has 0 unspecified atom stereocenters. The van der Waals surface area contributed by atoms with Crippen molar-refractivity contribution in [2.45, 2.75) is 13.3 Å². The van der Waals surface area contributed by atoms with Gasteiger partial charge in [0.05, 0.1) is 18.5 Å². The first-order chi connectivity index (χ1) is 8.99. The minimum Gasteiger partial charge on any atom is -0.497 e. The molecule has 104 valence electrons. The Kier molecular flexibility index (Phi) is 5.11. The number of aliphatic carboxylic acids is 1. The van der Waals surface area contributed by atoms with E-state index in [1.54, 1.807) is 11.0 Å². The zero-order chi connectivity index (χ0) is 14.4. The number of nitro groups is 1. The maximum atomic E-state index is 11.0. The van der Waals surface area contributed by atoms with E-state index in [0.29, 0.717) is 18.0 Å². The molecule has 1 aromatic carbocycles. The van der Waals surface area contributed by atoms with Gasteiger partial charge in [0.25, 0.3) is 5.69 Å². The molecule has 0 saturated carbocycles. The van der Waals surface area contributed by atoms with Gasteiger partial charge in [-0.2, -0.15) is 0 Å². The highest BCUT2D eigenvalue weighted by atomic mass is 16.6. The molecule has 1 aromatic rings. The monoisotopic (exact) mass is 268 g/mol. The number of carboxylic acids is 1. The minimum absolute atomic E-state index is 0.0620. The van der Waals surface area contributed by atoms with E-state index in [9.17, 15) is 14.9 Å². The lowest BCUT2D eigenvalue weighted by atomic mass is 10.2. The van der Waals surface area contributed by atoms with Gasteiger partial charge in [0.2, 0.25) is 0 Å². The summed E-state index contributed by atoms with van der Waals surface area (Å²) in [7, 11) is 1.47. The van der Waals surface area contributed by atoms with Gasteiger partial charge in [-0.3, -0.25) is 14.9 Å². The summed E-state index contributed by atoms with van der Waals surface area (Å²) >= 11 is 0. The molecule has 0 aliphatic heterocycles. The summed E-state index contributed by atoms with van der Waals surface area (Å²) in [6, 6.07) is 4.41. The highest BCUT2D eigenvalue weighted by molar-refractivity contribution is 5.70. The molecular formula is C12H16N2O5.